The van der Waals surface area contributed by atoms with Crippen LogP contribution in [0.4, 0.5) is 13.2 Å². The maximum Gasteiger partial charge on any atom is 0.263 e. The fourth-order valence-electron chi connectivity index (χ4n) is 2.40. The first kappa shape index (κ1) is 17.3. The van der Waals surface area contributed by atoms with Crippen molar-refractivity contribution < 1.29 is 22.8 Å². The summed E-state index contributed by atoms with van der Waals surface area (Å²) in [6.07, 6.45) is -2.76. The van der Waals surface area contributed by atoms with Crippen molar-refractivity contribution in [1.82, 2.24) is 15.1 Å². The molecule has 0 atom stereocenters. The molecule has 1 saturated heterocycles. The van der Waals surface area contributed by atoms with E-state index < -0.39 is 18.1 Å². The minimum Gasteiger partial charge on any atom is -0.358 e. The lowest BCUT2D eigenvalue weighted by molar-refractivity contribution is -0.122. The first-order chi connectivity index (χ1) is 10.9. The van der Waals surface area contributed by atoms with E-state index in [4.69, 9.17) is 0 Å². The largest absolute Gasteiger partial charge is 0.358 e. The number of hydrogen-bond acceptors (Lipinski definition) is 3. The summed E-state index contributed by atoms with van der Waals surface area (Å²) in [7, 11) is 1.54. The van der Waals surface area contributed by atoms with Crippen LogP contribution in [0.1, 0.15) is 22.3 Å². The summed E-state index contributed by atoms with van der Waals surface area (Å²) in [6.45, 7) is 1.79. The van der Waals surface area contributed by atoms with Crippen molar-refractivity contribution in [3.63, 3.8) is 0 Å². The van der Waals surface area contributed by atoms with E-state index in [1.165, 1.54) is 4.90 Å². The van der Waals surface area contributed by atoms with Crippen LogP contribution in [0.15, 0.2) is 18.2 Å². The number of rotatable bonds is 4. The molecule has 2 amide bonds. The highest BCUT2D eigenvalue weighted by Crippen LogP contribution is 2.22. The van der Waals surface area contributed by atoms with Gasteiger partial charge in [-0.3, -0.25) is 14.5 Å². The van der Waals surface area contributed by atoms with Crippen LogP contribution in [0.3, 0.4) is 0 Å². The molecule has 1 aliphatic heterocycles. The predicted molar refractivity (Wildman–Crippen MR) is 77.8 cm³/mol. The maximum absolute atomic E-state index is 13.8. The molecular weight excluding hydrogens is 311 g/mol. The van der Waals surface area contributed by atoms with Gasteiger partial charge in [-0.1, -0.05) is 6.07 Å². The molecule has 8 heteroatoms. The van der Waals surface area contributed by atoms with Crippen LogP contribution >= 0.6 is 0 Å². The number of carbonyl (C=O) groups excluding carboxylic acids is 2. The van der Waals surface area contributed by atoms with Crippen molar-refractivity contribution in [1.29, 1.82) is 0 Å². The van der Waals surface area contributed by atoms with Crippen LogP contribution in [0.5, 0.6) is 0 Å². The molecule has 23 heavy (non-hydrogen) atoms. The number of amides is 2. The molecule has 126 valence electrons. The Morgan fingerprint density at radius 1 is 1.22 bits per heavy atom. The molecule has 1 aromatic carbocycles. The zero-order valence-electron chi connectivity index (χ0n) is 12.7. The highest BCUT2D eigenvalue weighted by Gasteiger charge is 2.25. The van der Waals surface area contributed by atoms with Crippen molar-refractivity contribution in [2.75, 3.05) is 39.8 Å². The Bertz CT molecular complexity index is 587. The Morgan fingerprint density at radius 2 is 1.87 bits per heavy atom. The number of nitrogens with zero attached hydrogens (tertiary/aromatic N) is 2. The molecule has 1 fully saturated rings. The smallest absolute Gasteiger partial charge is 0.263 e. The molecule has 0 bridgehead atoms. The van der Waals surface area contributed by atoms with E-state index in [1.807, 2.05) is 4.90 Å². The Balaban J connectivity index is 2.02. The number of likely N-dealkylation sites (N-methyl/N-ethyl adjacent to an activating group) is 1. The topological polar surface area (TPSA) is 52.7 Å². The summed E-state index contributed by atoms with van der Waals surface area (Å²) in [6, 6.07) is 2.76. The van der Waals surface area contributed by atoms with Crippen LogP contribution in [0, 0.1) is 5.82 Å². The van der Waals surface area contributed by atoms with Gasteiger partial charge in [-0.05, 0) is 12.1 Å². The number of benzene rings is 1. The Morgan fingerprint density at radius 3 is 2.43 bits per heavy atom. The van der Waals surface area contributed by atoms with E-state index >= 15 is 0 Å². The number of carbonyl (C=O) groups is 2. The second kappa shape index (κ2) is 7.45. The molecule has 0 spiro atoms. The van der Waals surface area contributed by atoms with Crippen molar-refractivity contribution in [2.24, 2.45) is 0 Å². The Hall–Kier alpha value is -2.09. The van der Waals surface area contributed by atoms with E-state index in [9.17, 15) is 22.8 Å². The molecule has 0 saturated carbocycles. The lowest BCUT2D eigenvalue weighted by Crippen LogP contribution is -2.51. The van der Waals surface area contributed by atoms with Crippen molar-refractivity contribution in [3.8, 4) is 0 Å². The van der Waals surface area contributed by atoms with Crippen LogP contribution in [0.25, 0.3) is 0 Å². The molecule has 1 N–H and O–H groups in total. The highest BCUT2D eigenvalue weighted by atomic mass is 19.3. The van der Waals surface area contributed by atoms with E-state index in [-0.39, 0.29) is 23.6 Å². The second-order valence-corrected chi connectivity index (χ2v) is 5.28. The number of halogens is 3. The lowest BCUT2D eigenvalue weighted by Gasteiger charge is -2.34. The summed E-state index contributed by atoms with van der Waals surface area (Å²) >= 11 is 0. The quantitative estimate of drug-likeness (QED) is 0.905. The predicted octanol–water partition coefficient (Wildman–Crippen LogP) is 1.27. The SMILES string of the molecule is CNC(=O)CN1CCN(C(=O)c2cc(C(F)F)ccc2F)CC1. The van der Waals surface area contributed by atoms with Gasteiger partial charge in [0.2, 0.25) is 5.91 Å². The molecule has 0 aliphatic carbocycles. The third-order valence-corrected chi connectivity index (χ3v) is 3.78. The number of alkyl halides is 2. The summed E-state index contributed by atoms with van der Waals surface area (Å²) in [5.41, 5.74) is -0.726. The summed E-state index contributed by atoms with van der Waals surface area (Å²) in [5.74, 6) is -1.54. The molecule has 0 radical (unpaired) electrons. The third kappa shape index (κ3) is 4.22. The van der Waals surface area contributed by atoms with E-state index in [0.29, 0.717) is 26.2 Å². The Kier molecular flexibility index (Phi) is 5.59. The zero-order valence-corrected chi connectivity index (χ0v) is 12.7. The number of nitrogens with one attached hydrogen (secondary N) is 1. The van der Waals surface area contributed by atoms with Gasteiger partial charge in [-0.2, -0.15) is 0 Å². The van der Waals surface area contributed by atoms with Gasteiger partial charge in [0.1, 0.15) is 5.82 Å². The lowest BCUT2D eigenvalue weighted by atomic mass is 10.1. The van der Waals surface area contributed by atoms with E-state index in [2.05, 4.69) is 5.32 Å². The van der Waals surface area contributed by atoms with Crippen LogP contribution in [-0.2, 0) is 4.79 Å². The van der Waals surface area contributed by atoms with Crippen molar-refractivity contribution in [2.45, 2.75) is 6.43 Å². The van der Waals surface area contributed by atoms with Gasteiger partial charge < -0.3 is 10.2 Å². The Labute approximate surface area is 132 Å². The molecular formula is C15H18F3N3O2. The summed E-state index contributed by atoms with van der Waals surface area (Å²) in [4.78, 5) is 26.9. The third-order valence-electron chi connectivity index (χ3n) is 3.78. The van der Waals surface area contributed by atoms with Gasteiger partial charge in [0.15, 0.2) is 0 Å². The molecule has 0 unspecified atom stereocenters. The summed E-state index contributed by atoms with van der Waals surface area (Å²) in [5, 5.41) is 2.51. The zero-order chi connectivity index (χ0) is 17.0. The van der Waals surface area contributed by atoms with Gasteiger partial charge in [0, 0.05) is 38.8 Å². The molecule has 0 aromatic heterocycles. The average molecular weight is 329 g/mol. The monoisotopic (exact) mass is 329 g/mol. The van der Waals surface area contributed by atoms with Gasteiger partial charge in [-0.25, -0.2) is 13.2 Å². The van der Waals surface area contributed by atoms with Crippen molar-refractivity contribution in [3.05, 3.63) is 35.1 Å². The molecule has 2 rings (SSSR count). The van der Waals surface area contributed by atoms with Crippen LogP contribution in [0.2, 0.25) is 0 Å². The van der Waals surface area contributed by atoms with Gasteiger partial charge in [-0.15, -0.1) is 0 Å². The molecule has 5 nitrogen and oxygen atoms in total. The number of piperazine rings is 1. The standard InChI is InChI=1S/C15H18F3N3O2/c1-19-13(22)9-20-4-6-21(7-5-20)15(23)11-8-10(14(17)18)2-3-12(11)16/h2-3,8,14H,4-7,9H2,1H3,(H,19,22). The first-order valence-corrected chi connectivity index (χ1v) is 7.22. The minimum absolute atomic E-state index is 0.125. The molecule has 1 heterocycles. The molecule has 1 aromatic rings. The number of hydrogen-bond donors (Lipinski definition) is 1. The molecule has 1 aliphatic rings. The van der Waals surface area contributed by atoms with Gasteiger partial charge in [0.05, 0.1) is 12.1 Å². The average Bonchev–Trinajstić information content (AvgIpc) is 2.55. The minimum atomic E-state index is -2.76. The van der Waals surface area contributed by atoms with E-state index in [0.717, 1.165) is 18.2 Å². The van der Waals surface area contributed by atoms with Gasteiger partial charge >= 0.3 is 0 Å². The van der Waals surface area contributed by atoms with Crippen molar-refractivity contribution >= 4 is 11.8 Å². The first-order valence-electron chi connectivity index (χ1n) is 7.22. The highest BCUT2D eigenvalue weighted by molar-refractivity contribution is 5.94. The van der Waals surface area contributed by atoms with E-state index in [1.54, 1.807) is 7.05 Å². The second-order valence-electron chi connectivity index (χ2n) is 5.28. The van der Waals surface area contributed by atoms with Crippen LogP contribution in [-0.4, -0.2) is 61.4 Å². The van der Waals surface area contributed by atoms with Gasteiger partial charge in [0.25, 0.3) is 12.3 Å². The fraction of sp³-hybridized carbons (Fsp3) is 0.467. The summed E-state index contributed by atoms with van der Waals surface area (Å²) < 4.78 is 39.2. The normalized spacial score (nSPS) is 15.8. The fourth-order valence-corrected chi connectivity index (χ4v) is 2.40. The van der Waals surface area contributed by atoms with Crippen LogP contribution < -0.4 is 5.32 Å². The maximum atomic E-state index is 13.8.